The largest absolute Gasteiger partial charge is 0.314 e. The van der Waals surface area contributed by atoms with Gasteiger partial charge in [0.15, 0.2) is 0 Å². The smallest absolute Gasteiger partial charge is 0.102 e. The van der Waals surface area contributed by atoms with E-state index in [2.05, 4.69) is 12.2 Å². The maximum atomic E-state index is 11.7. The first-order valence-electron chi connectivity index (χ1n) is 5.09. The summed E-state index contributed by atoms with van der Waals surface area (Å²) in [6, 6.07) is 0. The van der Waals surface area contributed by atoms with Crippen molar-refractivity contribution in [2.45, 2.75) is 32.6 Å². The summed E-state index contributed by atoms with van der Waals surface area (Å²) in [4.78, 5) is 0. The SMILES string of the molecule is CC1CCC(CNCCF)CC1. The second-order valence-corrected chi connectivity index (χ2v) is 4.02. The molecule has 1 N–H and O–H groups in total. The highest BCUT2D eigenvalue weighted by atomic mass is 19.1. The van der Waals surface area contributed by atoms with Crippen LogP contribution in [0.3, 0.4) is 0 Å². The lowest BCUT2D eigenvalue weighted by atomic mass is 9.83. The van der Waals surface area contributed by atoms with E-state index >= 15 is 0 Å². The lowest BCUT2D eigenvalue weighted by Gasteiger charge is -2.26. The fourth-order valence-electron chi connectivity index (χ4n) is 1.91. The first kappa shape index (κ1) is 9.97. The maximum absolute atomic E-state index is 11.7. The number of alkyl halides is 1. The molecule has 2 heteroatoms. The molecule has 0 aliphatic heterocycles. The van der Waals surface area contributed by atoms with Crippen molar-refractivity contribution >= 4 is 0 Å². The van der Waals surface area contributed by atoms with Crippen LogP contribution in [0.1, 0.15) is 32.6 Å². The maximum Gasteiger partial charge on any atom is 0.102 e. The Bertz CT molecular complexity index is 108. The average molecular weight is 173 g/mol. The molecule has 0 bridgehead atoms. The van der Waals surface area contributed by atoms with Gasteiger partial charge in [-0.05, 0) is 31.2 Å². The first-order valence-corrected chi connectivity index (χ1v) is 5.09. The molecule has 1 aliphatic rings. The number of hydrogen-bond acceptors (Lipinski definition) is 1. The Morgan fingerprint density at radius 2 is 1.92 bits per heavy atom. The molecule has 0 heterocycles. The van der Waals surface area contributed by atoms with Crippen LogP contribution >= 0.6 is 0 Å². The highest BCUT2D eigenvalue weighted by Crippen LogP contribution is 2.27. The molecule has 0 aromatic rings. The van der Waals surface area contributed by atoms with Gasteiger partial charge >= 0.3 is 0 Å². The van der Waals surface area contributed by atoms with Crippen molar-refractivity contribution in [3.05, 3.63) is 0 Å². The van der Waals surface area contributed by atoms with Gasteiger partial charge in [-0.25, -0.2) is 4.39 Å². The van der Waals surface area contributed by atoms with Crippen LogP contribution in [-0.2, 0) is 0 Å². The van der Waals surface area contributed by atoms with Gasteiger partial charge in [0.2, 0.25) is 0 Å². The van der Waals surface area contributed by atoms with Crippen molar-refractivity contribution < 1.29 is 4.39 Å². The van der Waals surface area contributed by atoms with E-state index < -0.39 is 0 Å². The third kappa shape index (κ3) is 3.53. The predicted octanol–water partition coefficient (Wildman–Crippen LogP) is 2.37. The molecule has 1 rings (SSSR count). The molecule has 72 valence electrons. The second kappa shape index (κ2) is 5.52. The summed E-state index contributed by atoms with van der Waals surface area (Å²) in [5.41, 5.74) is 0. The molecular weight excluding hydrogens is 153 g/mol. The fraction of sp³-hybridized carbons (Fsp3) is 1.00. The van der Waals surface area contributed by atoms with Crippen molar-refractivity contribution in [3.63, 3.8) is 0 Å². The molecular formula is C10H20FN. The van der Waals surface area contributed by atoms with E-state index in [-0.39, 0.29) is 6.67 Å². The molecule has 1 fully saturated rings. The van der Waals surface area contributed by atoms with E-state index in [4.69, 9.17) is 0 Å². The minimum atomic E-state index is -0.233. The average Bonchev–Trinajstić information content (AvgIpc) is 2.09. The quantitative estimate of drug-likeness (QED) is 0.644. The molecule has 1 saturated carbocycles. The summed E-state index contributed by atoms with van der Waals surface area (Å²) >= 11 is 0. The van der Waals surface area contributed by atoms with Gasteiger partial charge in [0.05, 0.1) is 0 Å². The zero-order chi connectivity index (χ0) is 8.81. The fourth-order valence-corrected chi connectivity index (χ4v) is 1.91. The Morgan fingerprint density at radius 3 is 2.50 bits per heavy atom. The Labute approximate surface area is 74.7 Å². The van der Waals surface area contributed by atoms with Crippen LogP contribution in [0.25, 0.3) is 0 Å². The third-order valence-electron chi connectivity index (χ3n) is 2.84. The highest BCUT2D eigenvalue weighted by Gasteiger charge is 2.17. The number of halogens is 1. The molecule has 1 aliphatic carbocycles. The van der Waals surface area contributed by atoms with Crippen molar-refractivity contribution in [2.24, 2.45) is 11.8 Å². The standard InChI is InChI=1S/C10H20FN/c1-9-2-4-10(5-3-9)8-12-7-6-11/h9-10,12H,2-8H2,1H3. The molecule has 0 saturated heterocycles. The summed E-state index contributed by atoms with van der Waals surface area (Å²) in [6.07, 6.45) is 5.39. The van der Waals surface area contributed by atoms with Crippen molar-refractivity contribution in [3.8, 4) is 0 Å². The van der Waals surface area contributed by atoms with E-state index in [0.717, 1.165) is 18.4 Å². The van der Waals surface area contributed by atoms with Gasteiger partial charge in [-0.15, -0.1) is 0 Å². The molecule has 0 unspecified atom stereocenters. The summed E-state index contributed by atoms with van der Waals surface area (Å²) in [7, 11) is 0. The number of hydrogen-bond donors (Lipinski definition) is 1. The normalized spacial score (nSPS) is 30.5. The van der Waals surface area contributed by atoms with Crippen LogP contribution in [0.15, 0.2) is 0 Å². The zero-order valence-corrected chi connectivity index (χ0v) is 7.98. The Hall–Kier alpha value is -0.110. The monoisotopic (exact) mass is 173 g/mol. The van der Waals surface area contributed by atoms with Crippen molar-refractivity contribution in [1.29, 1.82) is 0 Å². The van der Waals surface area contributed by atoms with Gasteiger partial charge in [0, 0.05) is 6.54 Å². The molecule has 0 amide bonds. The van der Waals surface area contributed by atoms with E-state index in [9.17, 15) is 4.39 Å². The van der Waals surface area contributed by atoms with Gasteiger partial charge in [-0.2, -0.15) is 0 Å². The molecule has 12 heavy (non-hydrogen) atoms. The predicted molar refractivity (Wildman–Crippen MR) is 50.0 cm³/mol. The lowest BCUT2D eigenvalue weighted by molar-refractivity contribution is 0.279. The Kier molecular flexibility index (Phi) is 4.59. The van der Waals surface area contributed by atoms with E-state index in [0.29, 0.717) is 6.54 Å². The van der Waals surface area contributed by atoms with E-state index in [1.165, 1.54) is 25.7 Å². The first-order chi connectivity index (χ1) is 5.83. The van der Waals surface area contributed by atoms with Gasteiger partial charge in [-0.3, -0.25) is 0 Å². The van der Waals surface area contributed by atoms with Crippen LogP contribution in [0.5, 0.6) is 0 Å². The summed E-state index contributed by atoms with van der Waals surface area (Å²) in [5.74, 6) is 1.73. The second-order valence-electron chi connectivity index (χ2n) is 4.02. The van der Waals surface area contributed by atoms with Crippen LogP contribution < -0.4 is 5.32 Å². The topological polar surface area (TPSA) is 12.0 Å². The highest BCUT2D eigenvalue weighted by molar-refractivity contribution is 4.71. The molecule has 0 spiro atoms. The van der Waals surface area contributed by atoms with E-state index in [1.54, 1.807) is 0 Å². The van der Waals surface area contributed by atoms with Crippen molar-refractivity contribution in [1.82, 2.24) is 5.32 Å². The third-order valence-corrected chi connectivity index (χ3v) is 2.84. The van der Waals surface area contributed by atoms with Gasteiger partial charge in [0.25, 0.3) is 0 Å². The van der Waals surface area contributed by atoms with Gasteiger partial charge in [-0.1, -0.05) is 19.8 Å². The van der Waals surface area contributed by atoms with Crippen molar-refractivity contribution in [2.75, 3.05) is 19.8 Å². The molecule has 0 aromatic heterocycles. The van der Waals surface area contributed by atoms with Gasteiger partial charge in [0.1, 0.15) is 6.67 Å². The van der Waals surface area contributed by atoms with Crippen LogP contribution in [0.4, 0.5) is 4.39 Å². The molecule has 0 radical (unpaired) electrons. The Balaban J connectivity index is 2.01. The van der Waals surface area contributed by atoms with E-state index in [1.807, 2.05) is 0 Å². The number of rotatable bonds is 4. The summed E-state index contributed by atoms with van der Waals surface area (Å²) < 4.78 is 11.7. The van der Waals surface area contributed by atoms with Crippen LogP contribution in [0.2, 0.25) is 0 Å². The van der Waals surface area contributed by atoms with Crippen LogP contribution in [-0.4, -0.2) is 19.8 Å². The van der Waals surface area contributed by atoms with Crippen LogP contribution in [0, 0.1) is 11.8 Å². The molecule has 1 nitrogen and oxygen atoms in total. The number of nitrogens with one attached hydrogen (secondary N) is 1. The minimum Gasteiger partial charge on any atom is -0.314 e. The van der Waals surface area contributed by atoms with Gasteiger partial charge < -0.3 is 5.32 Å². The minimum absolute atomic E-state index is 0.233. The zero-order valence-electron chi connectivity index (χ0n) is 7.98. The molecule has 0 aromatic carbocycles. The summed E-state index contributed by atoms with van der Waals surface area (Å²) in [5, 5.41) is 3.14. The molecule has 0 atom stereocenters. The summed E-state index contributed by atoms with van der Waals surface area (Å²) in [6.45, 7) is 3.65. The lowest BCUT2D eigenvalue weighted by Crippen LogP contribution is -2.27. The Morgan fingerprint density at radius 1 is 1.25 bits per heavy atom.